The lowest BCUT2D eigenvalue weighted by atomic mass is 10.1. The Kier molecular flexibility index (Phi) is 3.83. The van der Waals surface area contributed by atoms with Gasteiger partial charge in [0.05, 0.1) is 0 Å². The van der Waals surface area contributed by atoms with Crippen LogP contribution in [0.15, 0.2) is 16.6 Å². The lowest BCUT2D eigenvalue weighted by Gasteiger charge is -2.22. The highest BCUT2D eigenvalue weighted by Crippen LogP contribution is 2.18. The Labute approximate surface area is 97.8 Å². The number of hydrogen-bond donors (Lipinski definition) is 2. The van der Waals surface area contributed by atoms with E-state index in [1.807, 2.05) is 7.05 Å². The first-order chi connectivity index (χ1) is 7.78. The molecule has 0 bridgehead atoms. The molecule has 0 aromatic heterocycles. The van der Waals surface area contributed by atoms with Gasteiger partial charge in [-0.3, -0.25) is 4.99 Å². The molecule has 2 rings (SSSR count). The third kappa shape index (κ3) is 3.52. The maximum absolute atomic E-state index is 4.22. The highest BCUT2D eigenvalue weighted by Gasteiger charge is 2.22. The topological polar surface area (TPSA) is 39.7 Å². The van der Waals surface area contributed by atoms with Gasteiger partial charge >= 0.3 is 0 Å². The Bertz CT molecular complexity index is 291. The zero-order valence-electron chi connectivity index (χ0n) is 10.3. The summed E-state index contributed by atoms with van der Waals surface area (Å²) in [6.45, 7) is 3.17. The van der Waals surface area contributed by atoms with Crippen molar-refractivity contribution >= 4 is 5.96 Å². The summed E-state index contributed by atoms with van der Waals surface area (Å²) in [5.74, 6) is 0.947. The predicted octanol–water partition coefficient (Wildman–Crippen LogP) is 0.576. The van der Waals surface area contributed by atoms with Crippen molar-refractivity contribution in [2.24, 2.45) is 4.99 Å². The van der Waals surface area contributed by atoms with Crippen molar-refractivity contribution < 1.29 is 0 Å². The Morgan fingerprint density at radius 1 is 1.56 bits per heavy atom. The standard InChI is InChI=1S/C12H22N4/c1-13-12(15-11-3-4-11)14-9-10-5-7-16(2)8-6-10/h5,11H,3-4,6-9H2,1-2H3,(H2,13,14,15). The minimum atomic E-state index is 0.665. The first-order valence-corrected chi connectivity index (χ1v) is 6.11. The monoisotopic (exact) mass is 222 g/mol. The molecule has 1 saturated carbocycles. The molecule has 1 heterocycles. The second kappa shape index (κ2) is 5.34. The van der Waals surface area contributed by atoms with Crippen LogP contribution in [0.2, 0.25) is 0 Å². The summed E-state index contributed by atoms with van der Waals surface area (Å²) in [5.41, 5.74) is 1.50. The van der Waals surface area contributed by atoms with E-state index in [9.17, 15) is 0 Å². The fourth-order valence-corrected chi connectivity index (χ4v) is 1.79. The van der Waals surface area contributed by atoms with Crippen LogP contribution in [0.5, 0.6) is 0 Å². The molecular formula is C12H22N4. The molecule has 0 spiro atoms. The first kappa shape index (κ1) is 11.5. The molecule has 0 aromatic rings. The predicted molar refractivity (Wildman–Crippen MR) is 67.7 cm³/mol. The van der Waals surface area contributed by atoms with Crippen molar-refractivity contribution in [3.63, 3.8) is 0 Å². The van der Waals surface area contributed by atoms with Gasteiger partial charge in [0.2, 0.25) is 0 Å². The van der Waals surface area contributed by atoms with Crippen molar-refractivity contribution in [3.8, 4) is 0 Å². The zero-order chi connectivity index (χ0) is 11.4. The van der Waals surface area contributed by atoms with Gasteiger partial charge < -0.3 is 15.5 Å². The molecule has 90 valence electrons. The molecule has 4 nitrogen and oxygen atoms in total. The van der Waals surface area contributed by atoms with Gasteiger partial charge in [0.25, 0.3) is 0 Å². The van der Waals surface area contributed by atoms with Crippen LogP contribution < -0.4 is 10.6 Å². The van der Waals surface area contributed by atoms with Gasteiger partial charge in [-0.05, 0) is 26.3 Å². The Morgan fingerprint density at radius 2 is 2.38 bits per heavy atom. The molecular weight excluding hydrogens is 200 g/mol. The molecule has 16 heavy (non-hydrogen) atoms. The SMILES string of the molecule is CN=C(NCC1=CCN(C)CC1)NC1CC1. The van der Waals surface area contributed by atoms with Gasteiger partial charge in [0.15, 0.2) is 5.96 Å². The summed E-state index contributed by atoms with van der Waals surface area (Å²) in [5, 5.41) is 6.77. The van der Waals surface area contributed by atoms with Crippen LogP contribution in [0.25, 0.3) is 0 Å². The Hall–Kier alpha value is -1.03. The molecule has 0 atom stereocenters. The second-order valence-corrected chi connectivity index (χ2v) is 4.72. The summed E-state index contributed by atoms with van der Waals surface area (Å²) >= 11 is 0. The molecule has 1 aliphatic heterocycles. The van der Waals surface area contributed by atoms with Crippen molar-refractivity contribution in [2.45, 2.75) is 25.3 Å². The maximum Gasteiger partial charge on any atom is 0.191 e. The van der Waals surface area contributed by atoms with Crippen LogP contribution in [0.3, 0.4) is 0 Å². The van der Waals surface area contributed by atoms with Crippen LogP contribution >= 0.6 is 0 Å². The van der Waals surface area contributed by atoms with E-state index in [-0.39, 0.29) is 0 Å². The van der Waals surface area contributed by atoms with Gasteiger partial charge in [0.1, 0.15) is 0 Å². The number of aliphatic imine (C=N–C) groups is 1. The summed E-state index contributed by atoms with van der Waals surface area (Å²) in [4.78, 5) is 6.56. The number of likely N-dealkylation sites (N-methyl/N-ethyl adjacent to an activating group) is 1. The second-order valence-electron chi connectivity index (χ2n) is 4.72. The lowest BCUT2D eigenvalue weighted by molar-refractivity contribution is 0.357. The largest absolute Gasteiger partial charge is 0.354 e. The van der Waals surface area contributed by atoms with E-state index in [1.165, 1.54) is 31.4 Å². The van der Waals surface area contributed by atoms with Crippen LogP contribution in [0.1, 0.15) is 19.3 Å². The fourth-order valence-electron chi connectivity index (χ4n) is 1.79. The van der Waals surface area contributed by atoms with Crippen molar-refractivity contribution in [1.82, 2.24) is 15.5 Å². The minimum absolute atomic E-state index is 0.665. The van der Waals surface area contributed by atoms with Gasteiger partial charge in [-0.2, -0.15) is 0 Å². The minimum Gasteiger partial charge on any atom is -0.354 e. The average molecular weight is 222 g/mol. The number of guanidine groups is 1. The molecule has 0 unspecified atom stereocenters. The number of nitrogens with zero attached hydrogens (tertiary/aromatic N) is 2. The lowest BCUT2D eigenvalue weighted by Crippen LogP contribution is -2.40. The zero-order valence-corrected chi connectivity index (χ0v) is 10.3. The molecule has 2 N–H and O–H groups in total. The molecule has 0 radical (unpaired) electrons. The number of nitrogens with one attached hydrogen (secondary N) is 2. The molecule has 0 saturated heterocycles. The average Bonchev–Trinajstić information content (AvgIpc) is 3.10. The third-order valence-electron chi connectivity index (χ3n) is 3.13. The molecule has 2 aliphatic rings. The molecule has 1 aliphatic carbocycles. The summed E-state index contributed by atoms with van der Waals surface area (Å²) in [7, 11) is 4.00. The van der Waals surface area contributed by atoms with Gasteiger partial charge in [-0.15, -0.1) is 0 Å². The van der Waals surface area contributed by atoms with E-state index in [1.54, 1.807) is 0 Å². The highest BCUT2D eigenvalue weighted by molar-refractivity contribution is 5.80. The normalized spacial score (nSPS) is 22.9. The molecule has 1 fully saturated rings. The number of hydrogen-bond acceptors (Lipinski definition) is 2. The van der Waals surface area contributed by atoms with Gasteiger partial charge in [-0.1, -0.05) is 11.6 Å². The maximum atomic E-state index is 4.22. The van der Waals surface area contributed by atoms with E-state index < -0.39 is 0 Å². The third-order valence-corrected chi connectivity index (χ3v) is 3.13. The summed E-state index contributed by atoms with van der Waals surface area (Å²) in [6, 6.07) is 0.665. The van der Waals surface area contributed by atoms with Crippen molar-refractivity contribution in [3.05, 3.63) is 11.6 Å². The van der Waals surface area contributed by atoms with E-state index in [0.717, 1.165) is 19.0 Å². The Morgan fingerprint density at radius 3 is 2.94 bits per heavy atom. The first-order valence-electron chi connectivity index (χ1n) is 6.11. The molecule has 4 heteroatoms. The molecule has 0 aromatic carbocycles. The van der Waals surface area contributed by atoms with Crippen LogP contribution in [-0.2, 0) is 0 Å². The Balaban J connectivity index is 1.72. The molecule has 0 amide bonds. The van der Waals surface area contributed by atoms with Crippen LogP contribution in [-0.4, -0.2) is 50.6 Å². The van der Waals surface area contributed by atoms with Crippen molar-refractivity contribution in [1.29, 1.82) is 0 Å². The van der Waals surface area contributed by atoms with E-state index in [0.29, 0.717) is 6.04 Å². The van der Waals surface area contributed by atoms with Crippen molar-refractivity contribution in [2.75, 3.05) is 33.7 Å². The van der Waals surface area contributed by atoms with Gasteiger partial charge in [0, 0.05) is 32.7 Å². The fraction of sp³-hybridized carbons (Fsp3) is 0.750. The van der Waals surface area contributed by atoms with E-state index in [2.05, 4.69) is 33.6 Å². The summed E-state index contributed by atoms with van der Waals surface area (Å²) < 4.78 is 0. The van der Waals surface area contributed by atoms with Crippen LogP contribution in [0.4, 0.5) is 0 Å². The highest BCUT2D eigenvalue weighted by atomic mass is 15.2. The van der Waals surface area contributed by atoms with Gasteiger partial charge in [-0.25, -0.2) is 0 Å². The summed E-state index contributed by atoms with van der Waals surface area (Å²) in [6.07, 6.45) is 6.06. The quantitative estimate of drug-likeness (QED) is 0.417. The van der Waals surface area contributed by atoms with Crippen LogP contribution in [0, 0.1) is 0 Å². The van der Waals surface area contributed by atoms with E-state index in [4.69, 9.17) is 0 Å². The number of rotatable bonds is 3. The van der Waals surface area contributed by atoms with E-state index >= 15 is 0 Å². The smallest absolute Gasteiger partial charge is 0.191 e.